The largest absolute Gasteiger partial charge is 0.497 e. The van der Waals surface area contributed by atoms with Crippen LogP contribution in [0.15, 0.2) is 24.5 Å². The highest BCUT2D eigenvalue weighted by atomic mass is 127. The van der Waals surface area contributed by atoms with Crippen LogP contribution in [0.2, 0.25) is 0 Å². The molecule has 0 aliphatic carbocycles. The fraction of sp³-hybridized carbons (Fsp3) is 0.450. The third-order valence-electron chi connectivity index (χ3n) is 4.27. The van der Waals surface area contributed by atoms with E-state index in [4.69, 9.17) is 9.47 Å². The predicted octanol–water partition coefficient (Wildman–Crippen LogP) is 3.82. The van der Waals surface area contributed by atoms with E-state index in [9.17, 15) is 9.59 Å². The fourth-order valence-electron chi connectivity index (χ4n) is 3.13. The summed E-state index contributed by atoms with van der Waals surface area (Å²) in [6, 6.07) is 5.33. The van der Waals surface area contributed by atoms with E-state index in [0.29, 0.717) is 29.2 Å². The average molecular weight is 499 g/mol. The SMILES string of the molecule is CCCN1Cc2c(C(=O)OC(C)(C)C)ncn2-c2ccc(OC)cc2C1=O.I. The molecule has 28 heavy (non-hydrogen) atoms. The zero-order chi connectivity index (χ0) is 19.8. The number of carbonyl (C=O) groups excluding carboxylic acids is 2. The number of halogens is 1. The van der Waals surface area contributed by atoms with Crippen molar-refractivity contribution in [2.24, 2.45) is 0 Å². The molecule has 152 valence electrons. The van der Waals surface area contributed by atoms with E-state index in [2.05, 4.69) is 4.98 Å². The maximum atomic E-state index is 13.1. The summed E-state index contributed by atoms with van der Waals surface area (Å²) in [6.45, 7) is 8.32. The van der Waals surface area contributed by atoms with Crippen molar-refractivity contribution in [3.63, 3.8) is 0 Å². The number of benzene rings is 1. The molecule has 0 atom stereocenters. The van der Waals surface area contributed by atoms with E-state index in [1.54, 1.807) is 35.0 Å². The van der Waals surface area contributed by atoms with Crippen molar-refractivity contribution in [1.29, 1.82) is 0 Å². The van der Waals surface area contributed by atoms with Crippen molar-refractivity contribution in [3.05, 3.63) is 41.5 Å². The van der Waals surface area contributed by atoms with Gasteiger partial charge in [0.05, 0.1) is 30.6 Å². The van der Waals surface area contributed by atoms with Gasteiger partial charge in [-0.2, -0.15) is 0 Å². The minimum Gasteiger partial charge on any atom is -0.497 e. The Morgan fingerprint density at radius 1 is 1.29 bits per heavy atom. The quantitative estimate of drug-likeness (QED) is 0.473. The van der Waals surface area contributed by atoms with Gasteiger partial charge in [-0.25, -0.2) is 9.78 Å². The van der Waals surface area contributed by atoms with Crippen molar-refractivity contribution in [1.82, 2.24) is 14.5 Å². The van der Waals surface area contributed by atoms with Crippen molar-refractivity contribution in [2.45, 2.75) is 46.3 Å². The minimum atomic E-state index is -0.623. The lowest BCUT2D eigenvalue weighted by atomic mass is 10.1. The summed E-state index contributed by atoms with van der Waals surface area (Å²) in [7, 11) is 1.57. The molecule has 0 saturated carbocycles. The number of hydrogen-bond acceptors (Lipinski definition) is 5. The van der Waals surface area contributed by atoms with Gasteiger partial charge in [-0.1, -0.05) is 6.92 Å². The predicted molar refractivity (Wildman–Crippen MR) is 116 cm³/mol. The smallest absolute Gasteiger partial charge is 0.359 e. The van der Waals surface area contributed by atoms with Gasteiger partial charge in [-0.3, -0.25) is 9.36 Å². The molecule has 1 amide bonds. The van der Waals surface area contributed by atoms with Gasteiger partial charge < -0.3 is 14.4 Å². The molecule has 0 bridgehead atoms. The Hall–Kier alpha value is -2.10. The summed E-state index contributed by atoms with van der Waals surface area (Å²) in [4.78, 5) is 31.8. The number of methoxy groups -OCH3 is 1. The maximum absolute atomic E-state index is 13.1. The fourth-order valence-corrected chi connectivity index (χ4v) is 3.13. The van der Waals surface area contributed by atoms with E-state index in [1.165, 1.54) is 0 Å². The van der Waals surface area contributed by atoms with E-state index < -0.39 is 11.6 Å². The van der Waals surface area contributed by atoms with Gasteiger partial charge in [0.1, 0.15) is 17.7 Å². The van der Waals surface area contributed by atoms with Crippen LogP contribution in [0.5, 0.6) is 5.75 Å². The van der Waals surface area contributed by atoms with Crippen molar-refractivity contribution in [2.75, 3.05) is 13.7 Å². The molecule has 0 spiro atoms. The van der Waals surface area contributed by atoms with Gasteiger partial charge in [0.25, 0.3) is 5.91 Å². The highest BCUT2D eigenvalue weighted by Crippen LogP contribution is 2.29. The van der Waals surface area contributed by atoms with Crippen LogP contribution in [0.1, 0.15) is 60.7 Å². The summed E-state index contributed by atoms with van der Waals surface area (Å²) in [6.07, 6.45) is 2.38. The molecule has 2 aromatic rings. The Balaban J connectivity index is 0.00000280. The number of carbonyl (C=O) groups is 2. The van der Waals surface area contributed by atoms with Crippen LogP contribution in [0.3, 0.4) is 0 Å². The van der Waals surface area contributed by atoms with E-state index in [1.807, 2.05) is 33.8 Å². The van der Waals surface area contributed by atoms with Crippen molar-refractivity contribution < 1.29 is 19.1 Å². The monoisotopic (exact) mass is 499 g/mol. The second-order valence-electron chi connectivity index (χ2n) is 7.52. The average Bonchev–Trinajstić information content (AvgIpc) is 2.98. The summed E-state index contributed by atoms with van der Waals surface area (Å²) in [5, 5.41) is 0. The molecule has 1 aromatic carbocycles. The van der Waals surface area contributed by atoms with E-state index in [0.717, 1.165) is 6.42 Å². The van der Waals surface area contributed by atoms with Crippen LogP contribution in [0.4, 0.5) is 0 Å². The zero-order valence-electron chi connectivity index (χ0n) is 16.8. The first-order chi connectivity index (χ1) is 12.7. The number of aromatic nitrogens is 2. The topological polar surface area (TPSA) is 73.7 Å². The Bertz CT molecular complexity index is 886. The van der Waals surface area contributed by atoms with Crippen molar-refractivity contribution in [3.8, 4) is 11.4 Å². The highest BCUT2D eigenvalue weighted by molar-refractivity contribution is 14.0. The van der Waals surface area contributed by atoms with Gasteiger partial charge in [-0.05, 0) is 45.4 Å². The Morgan fingerprint density at radius 2 is 2.00 bits per heavy atom. The molecule has 7 nitrogen and oxygen atoms in total. The molecule has 8 heteroatoms. The first-order valence-electron chi connectivity index (χ1n) is 9.02. The lowest BCUT2D eigenvalue weighted by Crippen LogP contribution is -2.31. The van der Waals surface area contributed by atoms with Gasteiger partial charge in [0.15, 0.2) is 5.69 Å². The molecular weight excluding hydrogens is 473 g/mol. The molecule has 0 N–H and O–H groups in total. The number of nitrogens with zero attached hydrogens (tertiary/aromatic N) is 3. The zero-order valence-corrected chi connectivity index (χ0v) is 19.1. The van der Waals surface area contributed by atoms with Crippen LogP contribution < -0.4 is 4.74 Å². The van der Waals surface area contributed by atoms with Gasteiger partial charge in [-0.15, -0.1) is 24.0 Å². The summed E-state index contributed by atoms with van der Waals surface area (Å²) >= 11 is 0. The first kappa shape index (κ1) is 22.2. The molecule has 1 aliphatic rings. The Kier molecular flexibility index (Phi) is 6.74. The molecule has 0 unspecified atom stereocenters. The second kappa shape index (κ2) is 8.50. The van der Waals surface area contributed by atoms with Crippen LogP contribution in [0, 0.1) is 0 Å². The molecule has 1 aromatic heterocycles. The lowest BCUT2D eigenvalue weighted by molar-refractivity contribution is 0.00605. The number of rotatable bonds is 4. The molecule has 0 saturated heterocycles. The number of imidazole rings is 1. The third-order valence-corrected chi connectivity index (χ3v) is 4.27. The van der Waals surface area contributed by atoms with Crippen LogP contribution in [0.25, 0.3) is 5.69 Å². The number of amides is 1. The third kappa shape index (κ3) is 4.31. The number of hydrogen-bond donors (Lipinski definition) is 0. The molecule has 0 radical (unpaired) electrons. The summed E-state index contributed by atoms with van der Waals surface area (Å²) in [5.41, 5.74) is 1.46. The molecule has 0 fully saturated rings. The lowest BCUT2D eigenvalue weighted by Gasteiger charge is -2.21. The number of esters is 1. The van der Waals surface area contributed by atoms with Gasteiger partial charge in [0.2, 0.25) is 0 Å². The standard InChI is InChI=1S/C20H25N3O4.HI/c1-6-9-22-11-16-17(19(25)27-20(2,3)4)21-12-23(16)15-8-7-13(26-5)10-14(15)18(22)24;/h7-8,10,12H,6,9,11H2,1-5H3;1H. The molecule has 3 rings (SSSR count). The molecular formula is C20H26IN3O4. The van der Waals surface area contributed by atoms with Crippen LogP contribution >= 0.6 is 24.0 Å². The Labute approximate surface area is 182 Å². The first-order valence-corrected chi connectivity index (χ1v) is 9.02. The van der Waals surface area contributed by atoms with Crippen LogP contribution in [-0.4, -0.2) is 45.6 Å². The maximum Gasteiger partial charge on any atom is 0.359 e. The Morgan fingerprint density at radius 3 is 2.61 bits per heavy atom. The second-order valence-corrected chi connectivity index (χ2v) is 7.52. The van der Waals surface area contributed by atoms with E-state index in [-0.39, 0.29) is 42.1 Å². The van der Waals surface area contributed by atoms with E-state index >= 15 is 0 Å². The summed E-state index contributed by atoms with van der Waals surface area (Å²) < 4.78 is 12.6. The summed E-state index contributed by atoms with van der Waals surface area (Å²) in [5.74, 6) is 0.0242. The highest BCUT2D eigenvalue weighted by Gasteiger charge is 2.31. The normalized spacial score (nSPS) is 13.2. The number of fused-ring (bicyclic) bond motifs is 3. The van der Waals surface area contributed by atoms with Crippen molar-refractivity contribution >= 4 is 35.9 Å². The molecule has 2 heterocycles. The minimum absolute atomic E-state index is 0. The van der Waals surface area contributed by atoms with Gasteiger partial charge >= 0.3 is 5.97 Å². The van der Waals surface area contributed by atoms with Crippen LogP contribution in [-0.2, 0) is 11.3 Å². The number of ether oxygens (including phenoxy) is 2. The van der Waals surface area contributed by atoms with Gasteiger partial charge in [0, 0.05) is 6.54 Å². The molecule has 1 aliphatic heterocycles.